The topological polar surface area (TPSA) is 64.4 Å². The fourth-order valence-corrected chi connectivity index (χ4v) is 8.13. The molecule has 46 heavy (non-hydrogen) atoms. The number of aromatic nitrogens is 2. The van der Waals surface area contributed by atoms with Gasteiger partial charge in [0.05, 0.1) is 29.3 Å². The maximum absolute atomic E-state index is 15.0. The molecule has 5 aromatic rings. The highest BCUT2D eigenvalue weighted by Gasteiger charge is 2.44. The highest BCUT2D eigenvalue weighted by Crippen LogP contribution is 2.49. The van der Waals surface area contributed by atoms with Crippen LogP contribution in [0.4, 0.5) is 11.4 Å². The number of ether oxygens (including phenoxy) is 1. The lowest BCUT2D eigenvalue weighted by Crippen LogP contribution is -2.43. The van der Waals surface area contributed by atoms with E-state index in [-0.39, 0.29) is 16.9 Å². The minimum Gasteiger partial charge on any atom is -0.497 e. The summed E-state index contributed by atoms with van der Waals surface area (Å²) in [5.41, 5.74) is 5.82. The van der Waals surface area contributed by atoms with E-state index in [0.29, 0.717) is 16.6 Å². The molecule has 232 valence electrons. The number of para-hydroxylation sites is 2. The fraction of sp³-hybridized carbons (Fsp3) is 0.256. The van der Waals surface area contributed by atoms with Crippen LogP contribution in [0.15, 0.2) is 119 Å². The van der Waals surface area contributed by atoms with Gasteiger partial charge in [-0.1, -0.05) is 91.7 Å². The van der Waals surface area contributed by atoms with Crippen LogP contribution in [0.2, 0.25) is 0 Å². The molecule has 2 aliphatic rings. The number of benzene rings is 4. The molecule has 0 radical (unpaired) electrons. The molecule has 0 bridgehead atoms. The van der Waals surface area contributed by atoms with Crippen LogP contribution in [-0.4, -0.2) is 27.8 Å². The number of amides is 1. The number of nitrogens with zero attached hydrogens (tertiary/aromatic N) is 3. The van der Waals surface area contributed by atoms with Crippen molar-refractivity contribution in [2.45, 2.75) is 61.3 Å². The largest absolute Gasteiger partial charge is 0.497 e. The Morgan fingerprint density at radius 3 is 2.09 bits per heavy atom. The Balaban J connectivity index is 1.39. The van der Waals surface area contributed by atoms with Gasteiger partial charge in [0.2, 0.25) is 5.91 Å². The Hall–Kier alpha value is -4.62. The Bertz CT molecular complexity index is 1880. The average Bonchev–Trinajstić information content (AvgIpc) is 3.10. The smallest absolute Gasteiger partial charge is 0.263 e. The van der Waals surface area contributed by atoms with Crippen LogP contribution in [0.5, 0.6) is 5.75 Å². The van der Waals surface area contributed by atoms with E-state index in [0.717, 1.165) is 60.3 Å². The number of hydrogen-bond donors (Lipinski definition) is 0. The van der Waals surface area contributed by atoms with E-state index in [9.17, 15) is 9.59 Å². The van der Waals surface area contributed by atoms with Gasteiger partial charge in [0, 0.05) is 22.4 Å². The molecule has 0 N–H and O–H groups in total. The Labute approximate surface area is 274 Å². The van der Waals surface area contributed by atoms with Gasteiger partial charge in [-0.2, -0.15) is 0 Å². The Kier molecular flexibility index (Phi) is 8.26. The van der Waals surface area contributed by atoms with Crippen molar-refractivity contribution in [1.29, 1.82) is 0 Å². The van der Waals surface area contributed by atoms with Crippen LogP contribution in [0.25, 0.3) is 16.9 Å². The molecule has 1 fully saturated rings. The summed E-state index contributed by atoms with van der Waals surface area (Å²) in [5, 5.41) is -0.0594. The number of rotatable bonds is 7. The lowest BCUT2D eigenvalue weighted by molar-refractivity contribution is -0.117. The van der Waals surface area contributed by atoms with Gasteiger partial charge < -0.3 is 4.74 Å². The van der Waals surface area contributed by atoms with Crippen molar-refractivity contribution in [3.05, 3.63) is 131 Å². The first kappa shape index (κ1) is 30.1. The lowest BCUT2D eigenvalue weighted by Gasteiger charge is -2.42. The molecule has 0 saturated heterocycles. The van der Waals surface area contributed by atoms with Crippen LogP contribution in [-0.2, 0) is 16.6 Å². The van der Waals surface area contributed by atoms with Gasteiger partial charge >= 0.3 is 0 Å². The molecule has 6 nitrogen and oxygen atoms in total. The van der Waals surface area contributed by atoms with E-state index in [2.05, 4.69) is 18.2 Å². The molecular weight excluding hydrogens is 591 g/mol. The highest BCUT2D eigenvalue weighted by atomic mass is 32.2. The van der Waals surface area contributed by atoms with E-state index in [1.165, 1.54) is 23.7 Å². The standard InChI is InChI=1S/C39H37N3O3S/c1-27(36(43)41(29-15-6-3-7-16-29)30-17-8-4-9-18-30)46-38-40-35-33-19-11-10-14-28(33)26-39(24-12-5-13-25-39)34(35)37(44)42(38)31-20-22-32(45-2)23-21-31/h3-4,6-11,14-23,27H,5,12-13,24-26H2,1-2H3. The highest BCUT2D eigenvalue weighted by molar-refractivity contribution is 8.00. The molecular formula is C39H37N3O3S. The second-order valence-corrected chi connectivity index (χ2v) is 13.5. The summed E-state index contributed by atoms with van der Waals surface area (Å²) in [6.07, 6.45) is 6.17. The van der Waals surface area contributed by atoms with E-state index in [1.807, 2.05) is 97.9 Å². The summed E-state index contributed by atoms with van der Waals surface area (Å²) >= 11 is 1.33. The first-order valence-electron chi connectivity index (χ1n) is 16.0. The van der Waals surface area contributed by atoms with E-state index in [1.54, 1.807) is 16.6 Å². The number of anilines is 2. The van der Waals surface area contributed by atoms with E-state index >= 15 is 0 Å². The van der Waals surface area contributed by atoms with E-state index in [4.69, 9.17) is 9.72 Å². The van der Waals surface area contributed by atoms with Gasteiger partial charge in [-0.25, -0.2) is 4.98 Å². The van der Waals surface area contributed by atoms with Crippen LogP contribution < -0.4 is 15.2 Å². The first-order chi connectivity index (χ1) is 22.5. The number of carbonyl (C=O) groups is 1. The van der Waals surface area contributed by atoms with Crippen molar-refractivity contribution in [2.75, 3.05) is 12.0 Å². The number of thioether (sulfide) groups is 1. The third kappa shape index (κ3) is 5.43. The zero-order valence-corrected chi connectivity index (χ0v) is 27.0. The molecule has 1 amide bonds. The quantitative estimate of drug-likeness (QED) is 0.134. The van der Waals surface area contributed by atoms with Crippen LogP contribution >= 0.6 is 11.8 Å². The summed E-state index contributed by atoms with van der Waals surface area (Å²) in [4.78, 5) is 36.4. The second-order valence-electron chi connectivity index (χ2n) is 12.2. The molecule has 7 heteroatoms. The molecule has 1 saturated carbocycles. The van der Waals surface area contributed by atoms with Crippen molar-refractivity contribution in [3.63, 3.8) is 0 Å². The molecule has 1 atom stereocenters. The third-order valence-corrected chi connectivity index (χ3v) is 10.4. The molecule has 4 aromatic carbocycles. The number of carbonyl (C=O) groups excluding carboxylic acids is 1. The summed E-state index contributed by atoms with van der Waals surface area (Å²) in [7, 11) is 1.63. The van der Waals surface area contributed by atoms with Gasteiger partial charge in [0.15, 0.2) is 5.16 Å². The maximum Gasteiger partial charge on any atom is 0.263 e. The summed E-state index contributed by atoms with van der Waals surface area (Å²) in [6.45, 7) is 1.90. The SMILES string of the molecule is COc1ccc(-n2c(SC(C)C(=O)N(c3ccccc3)c3ccccc3)nc3c(c2=O)C2(CCCCC2)Cc2ccccc2-3)cc1. The average molecular weight is 628 g/mol. The molecule has 1 spiro atoms. The molecule has 7 rings (SSSR count). The van der Waals surface area contributed by atoms with Gasteiger partial charge in [0.1, 0.15) is 5.75 Å². The Morgan fingerprint density at radius 2 is 1.46 bits per heavy atom. The maximum atomic E-state index is 15.0. The lowest BCUT2D eigenvalue weighted by atomic mass is 9.62. The van der Waals surface area contributed by atoms with Crippen LogP contribution in [0.1, 0.15) is 50.2 Å². The van der Waals surface area contributed by atoms with Crippen molar-refractivity contribution in [3.8, 4) is 22.7 Å². The van der Waals surface area contributed by atoms with E-state index < -0.39 is 5.25 Å². The molecule has 1 aromatic heterocycles. The molecule has 0 aliphatic heterocycles. The molecule has 1 unspecified atom stereocenters. The van der Waals surface area contributed by atoms with Gasteiger partial charge in [0.25, 0.3) is 5.56 Å². The summed E-state index contributed by atoms with van der Waals surface area (Å²) in [6, 6.07) is 35.3. The first-order valence-corrected chi connectivity index (χ1v) is 16.9. The van der Waals surface area contributed by atoms with Crippen molar-refractivity contribution < 1.29 is 9.53 Å². The molecule has 1 heterocycles. The summed E-state index contributed by atoms with van der Waals surface area (Å²) in [5.74, 6) is 0.610. The third-order valence-electron chi connectivity index (χ3n) is 9.40. The van der Waals surface area contributed by atoms with Gasteiger partial charge in [-0.3, -0.25) is 19.1 Å². The second kappa shape index (κ2) is 12.6. The van der Waals surface area contributed by atoms with Crippen LogP contribution in [0.3, 0.4) is 0 Å². The van der Waals surface area contributed by atoms with Gasteiger partial charge in [-0.15, -0.1) is 0 Å². The van der Waals surface area contributed by atoms with Crippen molar-refractivity contribution >= 4 is 29.0 Å². The zero-order chi connectivity index (χ0) is 31.7. The van der Waals surface area contributed by atoms with Crippen molar-refractivity contribution in [2.24, 2.45) is 0 Å². The fourth-order valence-electron chi connectivity index (χ4n) is 7.17. The van der Waals surface area contributed by atoms with Crippen LogP contribution in [0, 0.1) is 0 Å². The summed E-state index contributed by atoms with van der Waals surface area (Å²) < 4.78 is 7.16. The zero-order valence-electron chi connectivity index (χ0n) is 26.2. The number of fused-ring (bicyclic) bond motifs is 4. The number of hydrogen-bond acceptors (Lipinski definition) is 5. The minimum atomic E-state index is -0.558. The van der Waals surface area contributed by atoms with Gasteiger partial charge in [-0.05, 0) is 80.3 Å². The van der Waals surface area contributed by atoms with Crippen molar-refractivity contribution in [1.82, 2.24) is 9.55 Å². The molecule has 2 aliphatic carbocycles. The Morgan fingerprint density at radius 1 is 0.848 bits per heavy atom. The normalized spacial score (nSPS) is 15.4. The monoisotopic (exact) mass is 627 g/mol. The minimum absolute atomic E-state index is 0.0447. The number of methoxy groups -OCH3 is 1. The predicted octanol–water partition coefficient (Wildman–Crippen LogP) is 8.51. The predicted molar refractivity (Wildman–Crippen MR) is 186 cm³/mol.